The highest BCUT2D eigenvalue weighted by atomic mass is 19.3. The van der Waals surface area contributed by atoms with Crippen LogP contribution in [0.4, 0.5) is 13.2 Å². The third kappa shape index (κ3) is 4.13. The van der Waals surface area contributed by atoms with Crippen LogP contribution in [-0.2, 0) is 0 Å². The van der Waals surface area contributed by atoms with Crippen molar-refractivity contribution < 1.29 is 22.7 Å². The van der Waals surface area contributed by atoms with E-state index in [-0.39, 0.29) is 17.9 Å². The Labute approximate surface area is 108 Å². The van der Waals surface area contributed by atoms with Gasteiger partial charge in [0.15, 0.2) is 11.6 Å². The van der Waals surface area contributed by atoms with Gasteiger partial charge < -0.3 is 15.8 Å². The average molecular weight is 276 g/mol. The second-order valence-corrected chi connectivity index (χ2v) is 3.79. The lowest BCUT2D eigenvalue weighted by molar-refractivity contribution is 0.0118. The lowest BCUT2D eigenvalue weighted by atomic mass is 10.1. The van der Waals surface area contributed by atoms with E-state index in [4.69, 9.17) is 10.5 Å². The predicted octanol–water partition coefficient (Wildman–Crippen LogP) is 1.55. The number of nitrogens with two attached hydrogens (primary N) is 1. The van der Waals surface area contributed by atoms with Crippen molar-refractivity contribution >= 4 is 5.91 Å². The summed E-state index contributed by atoms with van der Waals surface area (Å²) in [6.45, 7) is -0.0178. The van der Waals surface area contributed by atoms with Crippen molar-refractivity contribution in [3.05, 3.63) is 29.6 Å². The zero-order chi connectivity index (χ0) is 14.5. The topological polar surface area (TPSA) is 64.3 Å². The number of alkyl halides is 2. The van der Waals surface area contributed by atoms with Crippen molar-refractivity contribution in [1.82, 2.24) is 5.32 Å². The number of nitrogens with one attached hydrogen (secondary N) is 1. The van der Waals surface area contributed by atoms with Crippen molar-refractivity contribution in [2.45, 2.75) is 12.8 Å². The second-order valence-electron chi connectivity index (χ2n) is 3.79. The summed E-state index contributed by atoms with van der Waals surface area (Å²) in [6.07, 6.45) is 0. The first-order chi connectivity index (χ1) is 8.91. The smallest absolute Gasteiger partial charge is 0.277 e. The molecule has 1 rings (SSSR count). The summed E-state index contributed by atoms with van der Waals surface area (Å²) in [4.78, 5) is 11.7. The van der Waals surface area contributed by atoms with Gasteiger partial charge in [-0.15, -0.1) is 0 Å². The third-order valence-corrected chi connectivity index (χ3v) is 2.31. The lowest BCUT2D eigenvalue weighted by Crippen LogP contribution is -2.41. The Morgan fingerprint density at radius 3 is 2.74 bits per heavy atom. The summed E-state index contributed by atoms with van der Waals surface area (Å²) in [5, 5.41) is 2.00. The summed E-state index contributed by atoms with van der Waals surface area (Å²) >= 11 is 0. The number of rotatable bonds is 6. The Morgan fingerprint density at radius 1 is 1.47 bits per heavy atom. The van der Waals surface area contributed by atoms with Gasteiger partial charge in [0.05, 0.1) is 25.3 Å². The highest BCUT2D eigenvalue weighted by Gasteiger charge is 2.28. The summed E-state index contributed by atoms with van der Waals surface area (Å²) < 4.78 is 44.3. The first-order valence-corrected chi connectivity index (χ1v) is 5.68. The van der Waals surface area contributed by atoms with Crippen LogP contribution in [0.2, 0.25) is 0 Å². The van der Waals surface area contributed by atoms with Crippen molar-refractivity contribution in [2.24, 2.45) is 5.73 Å². The fraction of sp³-hybridized carbons (Fsp3) is 0.417. The zero-order valence-electron chi connectivity index (χ0n) is 10.4. The molecule has 0 aromatic heterocycles. The standard InChI is InChI=1S/C12H15F3N2O2/c1-2-19-10-8(4-3-5-9(10)13)11(18)17-7-12(14,15)6-16/h3-5H,2,6-7,16H2,1H3,(H,17,18). The normalized spacial score (nSPS) is 11.2. The molecule has 0 radical (unpaired) electrons. The van der Waals surface area contributed by atoms with Crippen molar-refractivity contribution in [3.63, 3.8) is 0 Å². The first kappa shape index (κ1) is 15.3. The quantitative estimate of drug-likeness (QED) is 0.828. The number of hydrogen-bond acceptors (Lipinski definition) is 3. The maximum Gasteiger partial charge on any atom is 0.277 e. The molecule has 19 heavy (non-hydrogen) atoms. The fourth-order valence-corrected chi connectivity index (χ4v) is 1.36. The maximum atomic E-state index is 13.5. The monoisotopic (exact) mass is 276 g/mol. The third-order valence-electron chi connectivity index (χ3n) is 2.31. The fourth-order valence-electron chi connectivity index (χ4n) is 1.36. The van der Waals surface area contributed by atoms with Crippen molar-refractivity contribution in [3.8, 4) is 5.75 Å². The summed E-state index contributed by atoms with van der Waals surface area (Å²) in [6, 6.07) is 3.72. The molecule has 0 saturated carbocycles. The van der Waals surface area contributed by atoms with Gasteiger partial charge in [-0.05, 0) is 19.1 Å². The van der Waals surface area contributed by atoms with Crippen LogP contribution in [0.3, 0.4) is 0 Å². The molecule has 0 bridgehead atoms. The van der Waals surface area contributed by atoms with Gasteiger partial charge in [0.1, 0.15) is 0 Å². The zero-order valence-corrected chi connectivity index (χ0v) is 10.4. The molecule has 0 aliphatic heterocycles. The van der Waals surface area contributed by atoms with Crippen LogP contribution in [0.25, 0.3) is 0 Å². The van der Waals surface area contributed by atoms with Gasteiger partial charge in [0.25, 0.3) is 11.8 Å². The summed E-state index contributed by atoms with van der Waals surface area (Å²) in [5.41, 5.74) is 4.72. The van der Waals surface area contributed by atoms with Gasteiger partial charge in [-0.1, -0.05) is 6.07 Å². The molecule has 3 N–H and O–H groups in total. The molecule has 0 saturated heterocycles. The van der Waals surface area contributed by atoms with Crippen LogP contribution in [0, 0.1) is 5.82 Å². The summed E-state index contributed by atoms with van der Waals surface area (Å²) in [5.74, 6) is -5.01. The Hall–Kier alpha value is -1.76. The molecular weight excluding hydrogens is 261 g/mol. The van der Waals surface area contributed by atoms with E-state index in [9.17, 15) is 18.0 Å². The molecular formula is C12H15F3N2O2. The molecule has 0 atom stereocenters. The van der Waals surface area contributed by atoms with Gasteiger partial charge in [0.2, 0.25) is 0 Å². The Morgan fingerprint density at radius 2 is 2.16 bits per heavy atom. The van der Waals surface area contributed by atoms with E-state index < -0.39 is 30.7 Å². The molecule has 0 fully saturated rings. The minimum Gasteiger partial charge on any atom is -0.490 e. The highest BCUT2D eigenvalue weighted by Crippen LogP contribution is 2.22. The predicted molar refractivity (Wildman–Crippen MR) is 63.9 cm³/mol. The van der Waals surface area contributed by atoms with Crippen LogP contribution in [0.1, 0.15) is 17.3 Å². The number of hydrogen-bond donors (Lipinski definition) is 2. The van der Waals surface area contributed by atoms with Crippen LogP contribution < -0.4 is 15.8 Å². The van der Waals surface area contributed by atoms with E-state index in [0.29, 0.717) is 0 Å². The molecule has 0 unspecified atom stereocenters. The molecule has 0 aliphatic rings. The average Bonchev–Trinajstić information content (AvgIpc) is 2.38. The van der Waals surface area contributed by atoms with E-state index in [1.807, 2.05) is 5.32 Å². The molecule has 106 valence electrons. The van der Waals surface area contributed by atoms with Crippen LogP contribution >= 0.6 is 0 Å². The van der Waals surface area contributed by atoms with E-state index in [0.717, 1.165) is 6.07 Å². The van der Waals surface area contributed by atoms with Crippen molar-refractivity contribution in [2.75, 3.05) is 19.7 Å². The van der Waals surface area contributed by atoms with E-state index in [1.54, 1.807) is 6.92 Å². The summed E-state index contributed by atoms with van der Waals surface area (Å²) in [7, 11) is 0. The molecule has 0 aliphatic carbocycles. The Bertz CT molecular complexity index is 453. The van der Waals surface area contributed by atoms with Crippen LogP contribution in [-0.4, -0.2) is 31.5 Å². The highest BCUT2D eigenvalue weighted by molar-refractivity contribution is 5.97. The second kappa shape index (κ2) is 6.42. The number of para-hydroxylation sites is 1. The molecule has 1 aromatic carbocycles. The molecule has 0 heterocycles. The number of ether oxygens (including phenoxy) is 1. The van der Waals surface area contributed by atoms with Gasteiger partial charge >= 0.3 is 0 Å². The number of benzene rings is 1. The van der Waals surface area contributed by atoms with Gasteiger partial charge in [-0.2, -0.15) is 0 Å². The van der Waals surface area contributed by atoms with Crippen LogP contribution in [0.5, 0.6) is 5.75 Å². The molecule has 1 aromatic rings. The molecule has 7 heteroatoms. The largest absolute Gasteiger partial charge is 0.490 e. The number of carbonyl (C=O) groups excluding carboxylic acids is 1. The van der Waals surface area contributed by atoms with Gasteiger partial charge in [-0.25, -0.2) is 13.2 Å². The number of amides is 1. The maximum absolute atomic E-state index is 13.5. The minimum absolute atomic E-state index is 0.130. The van der Waals surface area contributed by atoms with Crippen LogP contribution in [0.15, 0.2) is 18.2 Å². The molecule has 0 spiro atoms. The van der Waals surface area contributed by atoms with E-state index >= 15 is 0 Å². The Balaban J connectivity index is 2.85. The van der Waals surface area contributed by atoms with Gasteiger partial charge in [-0.3, -0.25) is 4.79 Å². The lowest BCUT2D eigenvalue weighted by Gasteiger charge is -2.16. The Kier molecular flexibility index (Phi) is 5.17. The van der Waals surface area contributed by atoms with E-state index in [1.165, 1.54) is 12.1 Å². The van der Waals surface area contributed by atoms with Gasteiger partial charge in [0, 0.05) is 0 Å². The molecule has 1 amide bonds. The SMILES string of the molecule is CCOc1c(F)cccc1C(=O)NCC(F)(F)CN. The number of carbonyl (C=O) groups is 1. The number of halogens is 3. The molecule has 4 nitrogen and oxygen atoms in total. The minimum atomic E-state index is -3.20. The first-order valence-electron chi connectivity index (χ1n) is 5.68. The van der Waals surface area contributed by atoms with Crippen molar-refractivity contribution in [1.29, 1.82) is 0 Å². The van der Waals surface area contributed by atoms with E-state index in [2.05, 4.69) is 0 Å².